The fourth-order valence-electron chi connectivity index (χ4n) is 1.47. The van der Waals surface area contributed by atoms with Gasteiger partial charge in [0.15, 0.2) is 0 Å². The number of hydrogen-bond donors (Lipinski definition) is 2. The van der Waals surface area contributed by atoms with Crippen LogP contribution < -0.4 is 5.32 Å². The third-order valence-electron chi connectivity index (χ3n) is 2.28. The normalized spacial score (nSPS) is 12.2. The highest BCUT2D eigenvalue weighted by atomic mass is 79.9. The number of rotatable bonds is 5. The lowest BCUT2D eigenvalue weighted by molar-refractivity contribution is -0.139. The van der Waals surface area contributed by atoms with Gasteiger partial charge in [0.25, 0.3) is 5.91 Å². The predicted molar refractivity (Wildman–Crippen MR) is 70.3 cm³/mol. The maximum atomic E-state index is 11.9. The van der Waals surface area contributed by atoms with E-state index < -0.39 is 17.9 Å². The summed E-state index contributed by atoms with van der Waals surface area (Å²) in [4.78, 5) is 26.8. The second kappa shape index (κ2) is 6.49. The summed E-state index contributed by atoms with van der Waals surface area (Å²) < 4.78 is 0.672. The molecular weight excluding hydrogens is 300 g/mol. The molecule has 0 spiro atoms. The highest BCUT2D eigenvalue weighted by Gasteiger charge is 2.21. The molecule has 1 atom stereocenters. The van der Waals surface area contributed by atoms with Gasteiger partial charge in [-0.05, 0) is 34.3 Å². The molecule has 0 aliphatic carbocycles. The molecule has 0 saturated carbocycles. The van der Waals surface area contributed by atoms with Gasteiger partial charge in [-0.1, -0.05) is 13.8 Å². The summed E-state index contributed by atoms with van der Waals surface area (Å²) in [5.74, 6) is -1.27. The van der Waals surface area contributed by atoms with Crippen LogP contribution in [0.5, 0.6) is 0 Å². The van der Waals surface area contributed by atoms with Crippen LogP contribution in [0.1, 0.15) is 30.6 Å². The van der Waals surface area contributed by atoms with Gasteiger partial charge < -0.3 is 10.4 Å². The molecule has 2 N–H and O–H groups in total. The predicted octanol–water partition coefficient (Wildman–Crippen LogP) is 2.07. The average molecular weight is 315 g/mol. The van der Waals surface area contributed by atoms with Gasteiger partial charge in [0.1, 0.15) is 6.04 Å². The Morgan fingerprint density at radius 1 is 1.44 bits per heavy atom. The van der Waals surface area contributed by atoms with E-state index in [1.165, 1.54) is 6.20 Å². The lowest BCUT2D eigenvalue weighted by Crippen LogP contribution is -2.41. The van der Waals surface area contributed by atoms with Crippen molar-refractivity contribution < 1.29 is 14.7 Å². The van der Waals surface area contributed by atoms with Crippen molar-refractivity contribution in [1.82, 2.24) is 10.3 Å². The van der Waals surface area contributed by atoms with Gasteiger partial charge in [-0.15, -0.1) is 0 Å². The summed E-state index contributed by atoms with van der Waals surface area (Å²) in [6, 6.07) is 0.716. The van der Waals surface area contributed by atoms with Gasteiger partial charge in [-0.3, -0.25) is 9.78 Å². The first-order valence-electron chi connectivity index (χ1n) is 5.54. The van der Waals surface area contributed by atoms with Crippen LogP contribution >= 0.6 is 15.9 Å². The number of carbonyl (C=O) groups is 2. The van der Waals surface area contributed by atoms with Crippen molar-refractivity contribution in [3.63, 3.8) is 0 Å². The Balaban J connectivity index is 2.75. The van der Waals surface area contributed by atoms with Crippen LogP contribution in [0.2, 0.25) is 0 Å². The van der Waals surface area contributed by atoms with Gasteiger partial charge in [0.05, 0.1) is 5.56 Å². The van der Waals surface area contributed by atoms with Gasteiger partial charge in [0, 0.05) is 16.9 Å². The average Bonchev–Trinajstić information content (AvgIpc) is 2.27. The van der Waals surface area contributed by atoms with E-state index in [1.807, 2.05) is 13.8 Å². The maximum absolute atomic E-state index is 11.9. The summed E-state index contributed by atoms with van der Waals surface area (Å²) in [5, 5.41) is 11.5. The van der Waals surface area contributed by atoms with Crippen LogP contribution in [0.4, 0.5) is 0 Å². The number of aromatic nitrogens is 1. The molecule has 0 aromatic carbocycles. The number of pyridine rings is 1. The Morgan fingerprint density at radius 3 is 2.61 bits per heavy atom. The van der Waals surface area contributed by atoms with Crippen LogP contribution in [0.3, 0.4) is 0 Å². The molecule has 6 heteroatoms. The molecule has 98 valence electrons. The zero-order valence-electron chi connectivity index (χ0n) is 10.2. The molecule has 18 heavy (non-hydrogen) atoms. The third-order valence-corrected chi connectivity index (χ3v) is 2.71. The number of carbonyl (C=O) groups excluding carboxylic acids is 1. The SMILES string of the molecule is CC(C)CC(NC(=O)c1cncc(Br)c1)C(=O)O. The van der Waals surface area contributed by atoms with Crippen LogP contribution in [-0.2, 0) is 4.79 Å². The second-order valence-electron chi connectivity index (χ2n) is 4.39. The van der Waals surface area contributed by atoms with E-state index in [-0.39, 0.29) is 5.92 Å². The van der Waals surface area contributed by atoms with E-state index >= 15 is 0 Å². The standard InChI is InChI=1S/C12H15BrN2O3/c1-7(2)3-10(12(17)18)15-11(16)8-4-9(13)6-14-5-8/h4-7,10H,3H2,1-2H3,(H,15,16)(H,17,18). The second-order valence-corrected chi connectivity index (χ2v) is 5.30. The number of hydrogen-bond acceptors (Lipinski definition) is 3. The minimum Gasteiger partial charge on any atom is -0.480 e. The third kappa shape index (κ3) is 4.44. The largest absolute Gasteiger partial charge is 0.480 e. The number of nitrogens with one attached hydrogen (secondary N) is 1. The Kier molecular flexibility index (Phi) is 5.27. The fourth-order valence-corrected chi connectivity index (χ4v) is 1.84. The molecule has 1 heterocycles. The van der Waals surface area contributed by atoms with Gasteiger partial charge in [-0.2, -0.15) is 0 Å². The Bertz CT molecular complexity index is 449. The van der Waals surface area contributed by atoms with Crippen LogP contribution in [-0.4, -0.2) is 28.0 Å². The number of aliphatic carboxylic acids is 1. The molecule has 0 saturated heterocycles. The van der Waals surface area contributed by atoms with Crippen molar-refractivity contribution in [3.8, 4) is 0 Å². The first-order chi connectivity index (χ1) is 8.40. The van der Waals surface area contributed by atoms with E-state index in [0.29, 0.717) is 16.5 Å². The molecule has 0 bridgehead atoms. The van der Waals surface area contributed by atoms with Crippen molar-refractivity contribution in [2.24, 2.45) is 5.92 Å². The first kappa shape index (κ1) is 14.6. The van der Waals surface area contributed by atoms with Gasteiger partial charge in [0.2, 0.25) is 0 Å². The van der Waals surface area contributed by atoms with Crippen molar-refractivity contribution in [2.45, 2.75) is 26.3 Å². The summed E-state index contributed by atoms with van der Waals surface area (Å²) in [6.45, 7) is 3.81. The number of nitrogens with zero attached hydrogens (tertiary/aromatic N) is 1. The number of halogens is 1. The molecule has 0 radical (unpaired) electrons. The summed E-state index contributed by atoms with van der Waals surface area (Å²) >= 11 is 3.21. The summed E-state index contributed by atoms with van der Waals surface area (Å²) in [7, 11) is 0. The highest BCUT2D eigenvalue weighted by Crippen LogP contribution is 2.11. The molecule has 5 nitrogen and oxygen atoms in total. The van der Waals surface area contributed by atoms with Crippen molar-refractivity contribution in [2.75, 3.05) is 0 Å². The lowest BCUT2D eigenvalue weighted by atomic mass is 10.0. The van der Waals surface area contributed by atoms with E-state index in [2.05, 4.69) is 26.2 Å². The first-order valence-corrected chi connectivity index (χ1v) is 6.33. The van der Waals surface area contributed by atoms with Crippen LogP contribution in [0.15, 0.2) is 22.9 Å². The smallest absolute Gasteiger partial charge is 0.326 e. The van der Waals surface area contributed by atoms with E-state index in [0.717, 1.165) is 0 Å². The molecule has 1 amide bonds. The maximum Gasteiger partial charge on any atom is 0.326 e. The topological polar surface area (TPSA) is 79.3 Å². The lowest BCUT2D eigenvalue weighted by Gasteiger charge is -2.16. The molecule has 1 aromatic rings. The Labute approximate surface area is 114 Å². The summed E-state index contributed by atoms with van der Waals surface area (Å²) in [6.07, 6.45) is 3.34. The van der Waals surface area contributed by atoms with E-state index in [9.17, 15) is 9.59 Å². The zero-order chi connectivity index (χ0) is 13.7. The summed E-state index contributed by atoms with van der Waals surface area (Å²) in [5.41, 5.74) is 0.333. The minimum absolute atomic E-state index is 0.187. The molecular formula is C12H15BrN2O3. The molecule has 0 aliphatic heterocycles. The Morgan fingerprint density at radius 2 is 2.11 bits per heavy atom. The Hall–Kier alpha value is -1.43. The number of amides is 1. The van der Waals surface area contributed by atoms with Crippen molar-refractivity contribution in [3.05, 3.63) is 28.5 Å². The molecule has 1 unspecified atom stereocenters. The molecule has 1 rings (SSSR count). The van der Waals surface area contributed by atoms with Crippen LogP contribution in [0, 0.1) is 5.92 Å². The molecule has 0 fully saturated rings. The van der Waals surface area contributed by atoms with Gasteiger partial charge in [-0.25, -0.2) is 4.79 Å². The molecule has 0 aliphatic rings. The molecule has 1 aromatic heterocycles. The van der Waals surface area contributed by atoms with E-state index in [1.54, 1.807) is 12.3 Å². The van der Waals surface area contributed by atoms with Crippen LogP contribution in [0.25, 0.3) is 0 Å². The zero-order valence-corrected chi connectivity index (χ0v) is 11.8. The van der Waals surface area contributed by atoms with Crippen molar-refractivity contribution >= 4 is 27.8 Å². The number of carboxylic acids is 1. The minimum atomic E-state index is -1.03. The monoisotopic (exact) mass is 314 g/mol. The highest BCUT2D eigenvalue weighted by molar-refractivity contribution is 9.10. The fraction of sp³-hybridized carbons (Fsp3) is 0.417. The quantitative estimate of drug-likeness (QED) is 0.872. The number of carboxylic acid groups (broad SMARTS) is 1. The van der Waals surface area contributed by atoms with Crippen molar-refractivity contribution in [1.29, 1.82) is 0 Å². The van der Waals surface area contributed by atoms with E-state index in [4.69, 9.17) is 5.11 Å². The van der Waals surface area contributed by atoms with Gasteiger partial charge >= 0.3 is 5.97 Å².